The minimum atomic E-state index is -0.316. The largest absolute Gasteiger partial charge is 0.489 e. The first-order valence-corrected chi connectivity index (χ1v) is 10.1. The van der Waals surface area contributed by atoms with Crippen molar-refractivity contribution in [2.75, 3.05) is 34.2 Å². The first-order chi connectivity index (χ1) is 14.4. The Kier molecular flexibility index (Phi) is 11.9. The molecule has 0 aliphatic rings. The first kappa shape index (κ1) is 26.7. The minimum absolute atomic E-state index is 0. The number of benzene rings is 2. The van der Waals surface area contributed by atoms with Crippen LogP contribution in [-0.4, -0.2) is 57.1 Å². The van der Waals surface area contributed by atoms with E-state index in [-0.39, 0.29) is 41.8 Å². The number of nitrogens with zero attached hydrogens (tertiary/aromatic N) is 2. The van der Waals surface area contributed by atoms with Gasteiger partial charge in [0.25, 0.3) is 5.91 Å². The second-order valence-electron chi connectivity index (χ2n) is 7.14. The minimum Gasteiger partial charge on any atom is -0.489 e. The topological polar surface area (TPSA) is 66.0 Å². The van der Waals surface area contributed by atoms with E-state index in [1.54, 1.807) is 38.2 Å². The molecule has 0 radical (unpaired) electrons. The molecule has 1 atom stereocenters. The van der Waals surface area contributed by atoms with E-state index in [0.717, 1.165) is 18.4 Å². The Hall–Kier alpha value is -2.36. The molecule has 31 heavy (non-hydrogen) atoms. The predicted octanol–water partition coefficient (Wildman–Crippen LogP) is 3.71. The lowest BCUT2D eigenvalue weighted by atomic mass is 10.1. The third-order valence-corrected chi connectivity index (χ3v) is 4.56. The maximum Gasteiger partial charge on any atom is 0.253 e. The van der Waals surface area contributed by atoms with Gasteiger partial charge in [-0.3, -0.25) is 9.79 Å². The van der Waals surface area contributed by atoms with Gasteiger partial charge in [0.15, 0.2) is 5.96 Å². The van der Waals surface area contributed by atoms with Crippen LogP contribution >= 0.6 is 24.0 Å². The molecule has 0 spiro atoms. The summed E-state index contributed by atoms with van der Waals surface area (Å²) in [6.45, 7) is 3.23. The van der Waals surface area contributed by atoms with Gasteiger partial charge in [0.05, 0.1) is 6.54 Å². The van der Waals surface area contributed by atoms with E-state index in [4.69, 9.17) is 4.74 Å². The van der Waals surface area contributed by atoms with Crippen LogP contribution in [0.25, 0.3) is 0 Å². The van der Waals surface area contributed by atoms with E-state index in [2.05, 4.69) is 15.6 Å². The quantitative estimate of drug-likeness (QED) is 0.288. The van der Waals surface area contributed by atoms with Crippen LogP contribution < -0.4 is 15.4 Å². The fraction of sp³-hybridized carbons (Fsp3) is 0.391. The summed E-state index contributed by atoms with van der Waals surface area (Å²) in [4.78, 5) is 17.9. The molecule has 0 saturated heterocycles. The highest BCUT2D eigenvalue weighted by atomic mass is 127. The number of nitrogens with one attached hydrogen (secondary N) is 2. The monoisotopic (exact) mass is 542 g/mol. The number of rotatable bonds is 9. The molecule has 2 aromatic carbocycles. The summed E-state index contributed by atoms with van der Waals surface area (Å²) in [5.74, 6) is 0.853. The van der Waals surface area contributed by atoms with Crippen molar-refractivity contribution < 1.29 is 13.9 Å². The number of hydrogen-bond acceptors (Lipinski definition) is 3. The Bertz CT molecular complexity index is 861. The van der Waals surface area contributed by atoms with E-state index in [9.17, 15) is 9.18 Å². The molecule has 0 aromatic heterocycles. The van der Waals surface area contributed by atoms with E-state index < -0.39 is 0 Å². The van der Waals surface area contributed by atoms with Crippen LogP contribution in [0.4, 0.5) is 4.39 Å². The molecule has 2 N–H and O–H groups in total. The van der Waals surface area contributed by atoms with Gasteiger partial charge in [0.1, 0.15) is 17.7 Å². The van der Waals surface area contributed by atoms with Crippen LogP contribution in [0.3, 0.4) is 0 Å². The Morgan fingerprint density at radius 3 is 2.55 bits per heavy atom. The third kappa shape index (κ3) is 9.12. The van der Waals surface area contributed by atoms with Gasteiger partial charge in [0, 0.05) is 39.3 Å². The summed E-state index contributed by atoms with van der Waals surface area (Å²) in [6, 6.07) is 13.8. The summed E-state index contributed by atoms with van der Waals surface area (Å²) in [5.41, 5.74) is 1.76. The molecule has 0 aliphatic heterocycles. The number of hydrogen-bond donors (Lipinski definition) is 2. The fourth-order valence-corrected chi connectivity index (χ4v) is 2.88. The van der Waals surface area contributed by atoms with Gasteiger partial charge in [-0.1, -0.05) is 25.1 Å². The molecule has 0 fully saturated rings. The predicted molar refractivity (Wildman–Crippen MR) is 134 cm³/mol. The zero-order chi connectivity index (χ0) is 21.9. The molecular weight excluding hydrogens is 510 g/mol. The standard InChI is InChI=1S/C23H31FN4O2.HI/c1-5-20(30-21-11-7-10-19(24)15-21)16-27-23(25-2)26-13-12-17-8-6-9-18(14-17)22(29)28(3)4;/h6-11,14-15,20H,5,12-13,16H2,1-4H3,(H2,25,26,27);1H. The van der Waals surface area contributed by atoms with Gasteiger partial charge in [-0.2, -0.15) is 0 Å². The molecule has 1 amide bonds. The maximum absolute atomic E-state index is 13.3. The van der Waals surface area contributed by atoms with Crippen molar-refractivity contribution in [1.29, 1.82) is 0 Å². The molecule has 2 rings (SSSR count). The Balaban J connectivity index is 0.00000480. The van der Waals surface area contributed by atoms with Crippen molar-refractivity contribution in [3.63, 3.8) is 0 Å². The Morgan fingerprint density at radius 2 is 1.90 bits per heavy atom. The van der Waals surface area contributed by atoms with Crippen molar-refractivity contribution in [2.45, 2.75) is 25.9 Å². The number of ether oxygens (including phenoxy) is 1. The molecule has 8 heteroatoms. The molecule has 1 unspecified atom stereocenters. The lowest BCUT2D eigenvalue weighted by Gasteiger charge is -2.20. The summed E-state index contributed by atoms with van der Waals surface area (Å²) in [6.07, 6.45) is 1.42. The number of carbonyl (C=O) groups excluding carboxylic acids is 1. The van der Waals surface area contributed by atoms with Gasteiger partial charge in [-0.15, -0.1) is 24.0 Å². The molecule has 170 valence electrons. The van der Waals surface area contributed by atoms with Gasteiger partial charge in [-0.25, -0.2) is 4.39 Å². The lowest BCUT2D eigenvalue weighted by Crippen LogP contribution is -2.43. The van der Waals surface area contributed by atoms with Crippen molar-refractivity contribution in [3.05, 3.63) is 65.5 Å². The van der Waals surface area contributed by atoms with Crippen LogP contribution in [0.2, 0.25) is 0 Å². The number of aliphatic imine (C=N–C) groups is 1. The molecule has 0 bridgehead atoms. The van der Waals surface area contributed by atoms with Crippen molar-refractivity contribution in [2.24, 2.45) is 4.99 Å². The maximum atomic E-state index is 13.3. The molecule has 6 nitrogen and oxygen atoms in total. The van der Waals surface area contributed by atoms with Gasteiger partial charge in [0.2, 0.25) is 0 Å². The highest BCUT2D eigenvalue weighted by Crippen LogP contribution is 2.14. The highest BCUT2D eigenvalue weighted by molar-refractivity contribution is 14.0. The van der Waals surface area contributed by atoms with Crippen molar-refractivity contribution in [3.8, 4) is 5.75 Å². The second-order valence-corrected chi connectivity index (χ2v) is 7.14. The van der Waals surface area contributed by atoms with E-state index in [0.29, 0.717) is 30.4 Å². The first-order valence-electron chi connectivity index (χ1n) is 10.1. The highest BCUT2D eigenvalue weighted by Gasteiger charge is 2.11. The lowest BCUT2D eigenvalue weighted by molar-refractivity contribution is 0.0827. The Morgan fingerprint density at radius 1 is 1.16 bits per heavy atom. The third-order valence-electron chi connectivity index (χ3n) is 4.56. The number of halogens is 2. The Labute approximate surface area is 201 Å². The van der Waals surface area contributed by atoms with Crippen LogP contribution in [-0.2, 0) is 6.42 Å². The summed E-state index contributed by atoms with van der Waals surface area (Å²) in [7, 11) is 5.20. The van der Waals surface area contributed by atoms with Gasteiger partial charge in [-0.05, 0) is 42.7 Å². The zero-order valence-electron chi connectivity index (χ0n) is 18.5. The fourth-order valence-electron chi connectivity index (χ4n) is 2.88. The normalized spacial score (nSPS) is 11.8. The van der Waals surface area contributed by atoms with Crippen molar-refractivity contribution >= 4 is 35.8 Å². The summed E-state index contributed by atoms with van der Waals surface area (Å²) < 4.78 is 19.2. The molecule has 2 aromatic rings. The average Bonchev–Trinajstić information content (AvgIpc) is 2.74. The van der Waals surface area contributed by atoms with Crippen LogP contribution in [0.1, 0.15) is 29.3 Å². The zero-order valence-corrected chi connectivity index (χ0v) is 20.9. The van der Waals surface area contributed by atoms with Crippen LogP contribution in [0, 0.1) is 5.82 Å². The second kappa shape index (κ2) is 13.8. The van der Waals surface area contributed by atoms with Crippen LogP contribution in [0.15, 0.2) is 53.5 Å². The molecule has 0 saturated carbocycles. The average molecular weight is 542 g/mol. The number of amides is 1. The molecular formula is C23H32FIN4O2. The summed E-state index contributed by atoms with van der Waals surface area (Å²) >= 11 is 0. The van der Waals surface area contributed by atoms with Gasteiger partial charge < -0.3 is 20.3 Å². The molecule has 0 aliphatic carbocycles. The van der Waals surface area contributed by atoms with Crippen LogP contribution in [0.5, 0.6) is 5.75 Å². The van der Waals surface area contributed by atoms with E-state index >= 15 is 0 Å². The SMILES string of the molecule is CCC(CNC(=NC)NCCc1cccc(C(=O)N(C)C)c1)Oc1cccc(F)c1.I. The summed E-state index contributed by atoms with van der Waals surface area (Å²) in [5, 5.41) is 6.52. The number of guanidine groups is 1. The molecule has 0 heterocycles. The van der Waals surface area contributed by atoms with E-state index in [1.807, 2.05) is 31.2 Å². The smallest absolute Gasteiger partial charge is 0.253 e. The van der Waals surface area contributed by atoms with Gasteiger partial charge >= 0.3 is 0 Å². The van der Waals surface area contributed by atoms with E-state index in [1.165, 1.54) is 12.1 Å². The van der Waals surface area contributed by atoms with Crippen molar-refractivity contribution in [1.82, 2.24) is 15.5 Å². The number of carbonyl (C=O) groups is 1.